The van der Waals surface area contributed by atoms with Gasteiger partial charge in [-0.3, -0.25) is 4.79 Å². The fourth-order valence-electron chi connectivity index (χ4n) is 2.91. The van der Waals surface area contributed by atoms with Crippen LogP contribution in [0.2, 0.25) is 0 Å². The number of carbonyl (C=O) groups excluding carboxylic acids is 1. The van der Waals surface area contributed by atoms with Gasteiger partial charge in [0.1, 0.15) is 5.82 Å². The topological polar surface area (TPSA) is 68.5 Å². The summed E-state index contributed by atoms with van der Waals surface area (Å²) >= 11 is 1.42. The average molecular weight is 433 g/mol. The molecule has 0 fully saturated rings. The van der Waals surface area contributed by atoms with E-state index < -0.39 is 15.7 Å². The number of amides is 1. The maximum atomic E-state index is 13.0. The zero-order chi connectivity index (χ0) is 21.0. The lowest BCUT2D eigenvalue weighted by molar-refractivity contribution is -0.118. The van der Waals surface area contributed by atoms with E-state index in [0.717, 1.165) is 27.9 Å². The van der Waals surface area contributed by atoms with Crippen molar-refractivity contribution in [1.29, 1.82) is 0 Å². The second kappa shape index (κ2) is 8.84. The SMILES string of the molecule is C=CCn1c(=NC(=O)CCCS(=O)(=O)c2ccc(F)cc2)sc2cc(C)ccc21. The summed E-state index contributed by atoms with van der Waals surface area (Å²) in [6.45, 7) is 6.28. The summed E-state index contributed by atoms with van der Waals surface area (Å²) < 4.78 is 40.5. The fraction of sp³-hybridized carbons (Fsp3) is 0.238. The highest BCUT2D eigenvalue weighted by atomic mass is 32.2. The van der Waals surface area contributed by atoms with Crippen molar-refractivity contribution < 1.29 is 17.6 Å². The molecule has 5 nitrogen and oxygen atoms in total. The number of aromatic nitrogens is 1. The zero-order valence-electron chi connectivity index (χ0n) is 16.0. The molecule has 8 heteroatoms. The minimum atomic E-state index is -3.56. The third-order valence-corrected chi connectivity index (χ3v) is 7.20. The molecule has 0 radical (unpaired) electrons. The maximum absolute atomic E-state index is 13.0. The van der Waals surface area contributed by atoms with Crippen LogP contribution in [0.1, 0.15) is 18.4 Å². The smallest absolute Gasteiger partial charge is 0.248 e. The van der Waals surface area contributed by atoms with Crippen LogP contribution in [0, 0.1) is 12.7 Å². The Morgan fingerprint density at radius 1 is 1.24 bits per heavy atom. The van der Waals surface area contributed by atoms with Crippen molar-refractivity contribution in [3.63, 3.8) is 0 Å². The Labute approximate surface area is 172 Å². The van der Waals surface area contributed by atoms with Crippen molar-refractivity contribution in [2.45, 2.75) is 31.2 Å². The Kier molecular flexibility index (Phi) is 6.44. The third kappa shape index (κ3) is 5.07. The summed E-state index contributed by atoms with van der Waals surface area (Å²) in [5.41, 5.74) is 2.10. The summed E-state index contributed by atoms with van der Waals surface area (Å²) in [6, 6.07) is 10.7. The molecule has 0 atom stereocenters. The monoisotopic (exact) mass is 432 g/mol. The lowest BCUT2D eigenvalue weighted by atomic mass is 10.2. The summed E-state index contributed by atoms with van der Waals surface area (Å²) in [5.74, 6) is -1.07. The maximum Gasteiger partial charge on any atom is 0.248 e. The van der Waals surface area contributed by atoms with Gasteiger partial charge < -0.3 is 4.57 Å². The molecule has 1 aromatic heterocycles. The summed E-state index contributed by atoms with van der Waals surface area (Å²) in [7, 11) is -3.56. The highest BCUT2D eigenvalue weighted by Crippen LogP contribution is 2.19. The van der Waals surface area contributed by atoms with Crippen LogP contribution in [0.3, 0.4) is 0 Å². The Hall–Kier alpha value is -2.58. The first-order chi connectivity index (χ1) is 13.8. The second-order valence-corrected chi connectivity index (χ2v) is 9.76. The minimum absolute atomic E-state index is 0.0157. The van der Waals surface area contributed by atoms with E-state index in [9.17, 15) is 17.6 Å². The van der Waals surface area contributed by atoms with E-state index in [2.05, 4.69) is 11.6 Å². The number of rotatable bonds is 7. The molecular formula is C21H21FN2O3S2. The summed E-state index contributed by atoms with van der Waals surface area (Å²) in [5, 5.41) is 0. The number of hydrogen-bond acceptors (Lipinski definition) is 4. The first-order valence-electron chi connectivity index (χ1n) is 9.07. The molecule has 152 valence electrons. The molecule has 3 rings (SSSR count). The van der Waals surface area contributed by atoms with E-state index in [4.69, 9.17) is 0 Å². The van der Waals surface area contributed by atoms with Crippen molar-refractivity contribution in [2.24, 2.45) is 4.99 Å². The van der Waals surface area contributed by atoms with Crippen LogP contribution in [0.5, 0.6) is 0 Å². The van der Waals surface area contributed by atoms with Gasteiger partial charge >= 0.3 is 0 Å². The largest absolute Gasteiger partial charge is 0.313 e. The number of aryl methyl sites for hydroxylation is 1. The van der Waals surface area contributed by atoms with Gasteiger partial charge in [0.2, 0.25) is 5.91 Å². The molecule has 1 heterocycles. The Morgan fingerprint density at radius 3 is 2.66 bits per heavy atom. The van der Waals surface area contributed by atoms with Gasteiger partial charge in [0, 0.05) is 13.0 Å². The predicted octanol–water partition coefficient (Wildman–Crippen LogP) is 4.02. The standard InChI is InChI=1S/C21H21FN2O3S2/c1-3-12-24-18-11-6-15(2)14-19(18)28-21(24)23-20(25)5-4-13-29(26,27)17-9-7-16(22)8-10-17/h3,6-11,14H,1,4-5,12-13H2,2H3. The first-order valence-corrected chi connectivity index (χ1v) is 11.5. The highest BCUT2D eigenvalue weighted by molar-refractivity contribution is 7.91. The van der Waals surface area contributed by atoms with E-state index in [1.54, 1.807) is 6.08 Å². The molecule has 0 N–H and O–H groups in total. The van der Waals surface area contributed by atoms with Gasteiger partial charge in [0.25, 0.3) is 0 Å². The Bertz CT molecular complexity index is 1220. The van der Waals surface area contributed by atoms with Gasteiger partial charge in [-0.15, -0.1) is 6.58 Å². The predicted molar refractivity (Wildman–Crippen MR) is 113 cm³/mol. The van der Waals surface area contributed by atoms with Crippen LogP contribution in [-0.4, -0.2) is 24.6 Å². The van der Waals surface area contributed by atoms with Gasteiger partial charge in [-0.1, -0.05) is 23.5 Å². The fourth-order valence-corrected chi connectivity index (χ4v) is 5.37. The number of sulfone groups is 1. The summed E-state index contributed by atoms with van der Waals surface area (Å²) in [6.07, 6.45) is 1.90. The number of nitrogens with zero attached hydrogens (tertiary/aromatic N) is 2. The van der Waals surface area contributed by atoms with Crippen LogP contribution < -0.4 is 4.80 Å². The molecule has 0 aliphatic carbocycles. The van der Waals surface area contributed by atoms with Crippen molar-refractivity contribution in [3.05, 3.63) is 71.3 Å². The van der Waals surface area contributed by atoms with E-state index in [1.807, 2.05) is 29.7 Å². The van der Waals surface area contributed by atoms with Crippen molar-refractivity contribution in [2.75, 3.05) is 5.75 Å². The molecule has 29 heavy (non-hydrogen) atoms. The molecule has 0 bridgehead atoms. The molecule has 0 saturated heterocycles. The van der Waals surface area contributed by atoms with Crippen molar-refractivity contribution in [3.8, 4) is 0 Å². The zero-order valence-corrected chi connectivity index (χ0v) is 17.6. The molecule has 1 amide bonds. The number of halogens is 1. The van der Waals surface area contributed by atoms with Gasteiger partial charge in [0.15, 0.2) is 14.6 Å². The number of benzene rings is 2. The van der Waals surface area contributed by atoms with Gasteiger partial charge in [0.05, 0.1) is 20.9 Å². The molecule has 0 unspecified atom stereocenters. The molecule has 0 spiro atoms. The highest BCUT2D eigenvalue weighted by Gasteiger charge is 2.15. The van der Waals surface area contributed by atoms with Gasteiger partial charge in [-0.2, -0.15) is 4.99 Å². The molecule has 0 aliphatic rings. The van der Waals surface area contributed by atoms with Gasteiger partial charge in [-0.25, -0.2) is 12.8 Å². The number of carbonyl (C=O) groups is 1. The van der Waals surface area contributed by atoms with E-state index in [1.165, 1.54) is 23.5 Å². The molecular weight excluding hydrogens is 411 g/mol. The van der Waals surface area contributed by atoms with Gasteiger partial charge in [-0.05, 0) is 55.3 Å². The third-order valence-electron chi connectivity index (χ3n) is 4.35. The normalized spacial score (nSPS) is 12.4. The Balaban J connectivity index is 1.74. The van der Waals surface area contributed by atoms with Crippen LogP contribution in [0.25, 0.3) is 10.2 Å². The quantitative estimate of drug-likeness (QED) is 0.418. The van der Waals surface area contributed by atoms with Crippen molar-refractivity contribution >= 4 is 37.3 Å². The van der Waals surface area contributed by atoms with Crippen LogP contribution in [0.4, 0.5) is 4.39 Å². The minimum Gasteiger partial charge on any atom is -0.313 e. The van der Waals surface area contributed by atoms with Crippen LogP contribution in [0.15, 0.2) is 65.0 Å². The Morgan fingerprint density at radius 2 is 1.97 bits per heavy atom. The lowest BCUT2D eigenvalue weighted by Crippen LogP contribution is -2.16. The first kappa shape index (κ1) is 21.1. The number of fused-ring (bicyclic) bond motifs is 1. The second-order valence-electron chi connectivity index (χ2n) is 6.64. The number of hydrogen-bond donors (Lipinski definition) is 0. The van der Waals surface area contributed by atoms with E-state index in [-0.39, 0.29) is 29.4 Å². The van der Waals surface area contributed by atoms with E-state index >= 15 is 0 Å². The molecule has 0 saturated carbocycles. The molecule has 0 aliphatic heterocycles. The molecule has 3 aromatic rings. The lowest BCUT2D eigenvalue weighted by Gasteiger charge is -2.03. The van der Waals surface area contributed by atoms with Crippen LogP contribution in [-0.2, 0) is 21.2 Å². The van der Waals surface area contributed by atoms with E-state index in [0.29, 0.717) is 11.3 Å². The molecule has 2 aromatic carbocycles. The number of allylic oxidation sites excluding steroid dienone is 1. The number of thiazole rings is 1. The summed E-state index contributed by atoms with van der Waals surface area (Å²) in [4.78, 5) is 17.1. The average Bonchev–Trinajstić information content (AvgIpc) is 2.98. The van der Waals surface area contributed by atoms with Crippen molar-refractivity contribution in [1.82, 2.24) is 4.57 Å². The van der Waals surface area contributed by atoms with Crippen LogP contribution >= 0.6 is 11.3 Å².